The molecule has 3 aromatic rings. The van der Waals surface area contributed by atoms with Crippen LogP contribution in [0, 0.1) is 10.8 Å². The molecule has 0 aliphatic heterocycles. The summed E-state index contributed by atoms with van der Waals surface area (Å²) < 4.78 is 0. The third kappa shape index (κ3) is 3.72. The third-order valence-electron chi connectivity index (χ3n) is 8.02. The second-order valence-corrected chi connectivity index (χ2v) is 10.4. The van der Waals surface area contributed by atoms with Crippen LogP contribution >= 0.6 is 0 Å². The van der Waals surface area contributed by atoms with Gasteiger partial charge in [-0.3, -0.25) is 4.98 Å². The predicted octanol–water partition coefficient (Wildman–Crippen LogP) is 8.15. The highest BCUT2D eigenvalue weighted by Crippen LogP contribution is 2.54. The molecule has 2 saturated carbocycles. The quantitative estimate of drug-likeness (QED) is 0.435. The van der Waals surface area contributed by atoms with Gasteiger partial charge in [-0.25, -0.2) is 0 Å². The van der Waals surface area contributed by atoms with E-state index in [-0.39, 0.29) is 0 Å². The number of hydrogen-bond donors (Lipinski definition) is 0. The first-order valence-corrected chi connectivity index (χ1v) is 11.5. The Bertz CT molecular complexity index is 981. The van der Waals surface area contributed by atoms with Crippen LogP contribution in [0.4, 0.5) is 0 Å². The molecular formula is C28H33N. The molecule has 0 amide bonds. The van der Waals surface area contributed by atoms with Crippen molar-refractivity contribution in [2.45, 2.75) is 71.1 Å². The van der Waals surface area contributed by atoms with Crippen molar-refractivity contribution in [1.29, 1.82) is 0 Å². The van der Waals surface area contributed by atoms with Gasteiger partial charge in [0.25, 0.3) is 0 Å². The number of aromatic nitrogens is 1. The van der Waals surface area contributed by atoms with Crippen LogP contribution in [-0.4, -0.2) is 4.98 Å². The average molecular weight is 384 g/mol. The Hall–Kier alpha value is -2.15. The minimum absolute atomic E-state index is 0.574. The zero-order valence-electron chi connectivity index (χ0n) is 18.0. The monoisotopic (exact) mass is 383 g/mol. The summed E-state index contributed by atoms with van der Waals surface area (Å²) in [5.74, 6) is 0.730. The van der Waals surface area contributed by atoms with Gasteiger partial charge in [-0.1, -0.05) is 62.4 Å². The van der Waals surface area contributed by atoms with Crippen LogP contribution in [0.5, 0.6) is 0 Å². The summed E-state index contributed by atoms with van der Waals surface area (Å²) in [6.45, 7) is 4.91. The van der Waals surface area contributed by atoms with Crippen LogP contribution in [0.3, 0.4) is 0 Å². The molecule has 0 N–H and O–H groups in total. The SMILES string of the molecule is CC1(C)CCC2(CCC(c3ccc4c(-c5ccccc5)nccc4c3)CC2)CC1. The molecule has 1 aromatic heterocycles. The molecule has 2 aliphatic rings. The number of fused-ring (bicyclic) bond motifs is 1. The van der Waals surface area contributed by atoms with Crippen LogP contribution in [0.2, 0.25) is 0 Å². The van der Waals surface area contributed by atoms with Crippen LogP contribution in [0.15, 0.2) is 60.8 Å². The highest BCUT2D eigenvalue weighted by atomic mass is 14.7. The van der Waals surface area contributed by atoms with E-state index in [9.17, 15) is 0 Å². The molecule has 0 radical (unpaired) electrons. The van der Waals surface area contributed by atoms with Crippen LogP contribution in [-0.2, 0) is 0 Å². The number of rotatable bonds is 2. The summed E-state index contributed by atoms with van der Waals surface area (Å²) in [5, 5.41) is 2.60. The lowest BCUT2D eigenvalue weighted by Crippen LogP contribution is -2.34. The second kappa shape index (κ2) is 7.27. The molecule has 0 atom stereocenters. The molecular weight excluding hydrogens is 350 g/mol. The molecule has 150 valence electrons. The van der Waals surface area contributed by atoms with E-state index in [1.165, 1.54) is 73.3 Å². The Labute approximate surface area is 175 Å². The normalized spacial score (nSPS) is 21.4. The molecule has 1 nitrogen and oxygen atoms in total. The third-order valence-corrected chi connectivity index (χ3v) is 8.02. The fraction of sp³-hybridized carbons (Fsp3) is 0.464. The van der Waals surface area contributed by atoms with Crippen LogP contribution in [0.1, 0.15) is 76.7 Å². The second-order valence-electron chi connectivity index (χ2n) is 10.4. The topological polar surface area (TPSA) is 12.9 Å². The Morgan fingerprint density at radius 3 is 2.24 bits per heavy atom. The summed E-state index contributed by atoms with van der Waals surface area (Å²) in [7, 11) is 0. The van der Waals surface area contributed by atoms with E-state index in [0.717, 1.165) is 11.6 Å². The van der Waals surface area contributed by atoms with Crippen molar-refractivity contribution in [2.24, 2.45) is 10.8 Å². The van der Waals surface area contributed by atoms with Crippen molar-refractivity contribution >= 4 is 10.8 Å². The summed E-state index contributed by atoms with van der Waals surface area (Å²) in [6, 6.07) is 19.9. The lowest BCUT2D eigenvalue weighted by molar-refractivity contribution is 0.0585. The summed E-state index contributed by atoms with van der Waals surface area (Å²) >= 11 is 0. The molecule has 1 heterocycles. The van der Waals surface area contributed by atoms with E-state index in [2.05, 4.69) is 73.4 Å². The molecule has 2 fully saturated rings. The number of nitrogens with zero attached hydrogens (tertiary/aromatic N) is 1. The van der Waals surface area contributed by atoms with Crippen LogP contribution in [0.25, 0.3) is 22.0 Å². The fourth-order valence-corrected chi connectivity index (χ4v) is 5.80. The van der Waals surface area contributed by atoms with Gasteiger partial charge in [-0.05, 0) is 85.1 Å². The predicted molar refractivity (Wildman–Crippen MR) is 123 cm³/mol. The van der Waals surface area contributed by atoms with E-state index in [1.807, 2.05) is 6.20 Å². The largest absolute Gasteiger partial charge is 0.256 e. The Morgan fingerprint density at radius 2 is 1.52 bits per heavy atom. The molecule has 0 bridgehead atoms. The number of pyridine rings is 1. The van der Waals surface area contributed by atoms with Gasteiger partial charge < -0.3 is 0 Å². The van der Waals surface area contributed by atoms with Crippen molar-refractivity contribution in [3.63, 3.8) is 0 Å². The van der Waals surface area contributed by atoms with E-state index >= 15 is 0 Å². The van der Waals surface area contributed by atoms with Crippen molar-refractivity contribution in [3.05, 3.63) is 66.4 Å². The number of benzene rings is 2. The zero-order chi connectivity index (χ0) is 19.9. The van der Waals surface area contributed by atoms with Crippen molar-refractivity contribution < 1.29 is 0 Å². The Morgan fingerprint density at radius 1 is 0.793 bits per heavy atom. The molecule has 5 rings (SSSR count). The Kier molecular flexibility index (Phi) is 4.73. The van der Waals surface area contributed by atoms with Crippen molar-refractivity contribution in [1.82, 2.24) is 4.98 Å². The standard InChI is InChI=1S/C28H33N/c1-27(2)15-17-28(18-16-27)13-10-21(11-14-28)23-8-9-25-24(20-23)12-19-29-26(25)22-6-4-3-5-7-22/h3-9,12,19-21H,10-11,13-18H2,1-2H3. The summed E-state index contributed by atoms with van der Waals surface area (Å²) in [4.78, 5) is 4.69. The molecule has 29 heavy (non-hydrogen) atoms. The van der Waals surface area contributed by atoms with Gasteiger partial charge in [0.1, 0.15) is 0 Å². The fourth-order valence-electron chi connectivity index (χ4n) is 5.80. The first-order valence-electron chi connectivity index (χ1n) is 11.5. The van der Waals surface area contributed by atoms with Gasteiger partial charge in [-0.15, -0.1) is 0 Å². The van der Waals surface area contributed by atoms with Gasteiger partial charge >= 0.3 is 0 Å². The molecule has 2 aliphatic carbocycles. The molecule has 0 unspecified atom stereocenters. The maximum atomic E-state index is 4.69. The van der Waals surface area contributed by atoms with Gasteiger partial charge in [0.15, 0.2) is 0 Å². The lowest BCUT2D eigenvalue weighted by Gasteiger charge is -2.47. The Balaban J connectivity index is 1.36. The average Bonchev–Trinajstić information content (AvgIpc) is 2.76. The van der Waals surface area contributed by atoms with Gasteiger partial charge in [0.05, 0.1) is 5.69 Å². The van der Waals surface area contributed by atoms with Gasteiger partial charge in [0.2, 0.25) is 0 Å². The number of hydrogen-bond acceptors (Lipinski definition) is 1. The lowest BCUT2D eigenvalue weighted by atomic mass is 9.58. The van der Waals surface area contributed by atoms with E-state index in [0.29, 0.717) is 10.8 Å². The maximum Gasteiger partial charge on any atom is 0.0780 e. The first kappa shape index (κ1) is 18.9. The van der Waals surface area contributed by atoms with Gasteiger partial charge in [-0.2, -0.15) is 0 Å². The van der Waals surface area contributed by atoms with E-state index in [4.69, 9.17) is 0 Å². The van der Waals surface area contributed by atoms with E-state index in [1.54, 1.807) is 0 Å². The van der Waals surface area contributed by atoms with Crippen molar-refractivity contribution in [2.75, 3.05) is 0 Å². The zero-order valence-corrected chi connectivity index (χ0v) is 18.0. The summed E-state index contributed by atoms with van der Waals surface area (Å²) in [5.41, 5.74) is 5.07. The highest BCUT2D eigenvalue weighted by Gasteiger charge is 2.40. The minimum atomic E-state index is 0.574. The maximum absolute atomic E-state index is 4.69. The van der Waals surface area contributed by atoms with Gasteiger partial charge in [0, 0.05) is 17.1 Å². The molecule has 1 heteroatoms. The van der Waals surface area contributed by atoms with E-state index < -0.39 is 0 Å². The molecule has 2 aromatic carbocycles. The highest BCUT2D eigenvalue weighted by molar-refractivity contribution is 5.94. The smallest absolute Gasteiger partial charge is 0.0780 e. The minimum Gasteiger partial charge on any atom is -0.256 e. The molecule has 1 spiro atoms. The van der Waals surface area contributed by atoms with Crippen molar-refractivity contribution in [3.8, 4) is 11.3 Å². The summed E-state index contributed by atoms with van der Waals surface area (Å²) in [6.07, 6.45) is 13.3. The first-order chi connectivity index (χ1) is 14.0. The van der Waals surface area contributed by atoms with Crippen LogP contribution < -0.4 is 0 Å². The molecule has 0 saturated heterocycles.